The second kappa shape index (κ2) is 7.26. The molecule has 2 N–H and O–H groups in total. The Morgan fingerprint density at radius 3 is 2.46 bits per heavy atom. The highest BCUT2D eigenvalue weighted by molar-refractivity contribution is 5.96. The normalized spacial score (nSPS) is 14.1. The highest BCUT2D eigenvalue weighted by Gasteiger charge is 2.21. The van der Waals surface area contributed by atoms with E-state index in [0.29, 0.717) is 13.1 Å². The standard InChI is InChI=1S/C22H23F2N3O/c1-13-5-6-20-17(9-13)16(14(2)25-20)12-21(28)26-15-10-18(23)22(19(24)11-15)27-7-3-4-8-27/h5-6,9-11,25H,3-4,7-8,12H2,1-2H3,(H,26,28). The number of benzene rings is 2. The van der Waals surface area contributed by atoms with Crippen molar-refractivity contribution in [3.05, 3.63) is 58.8 Å². The molecule has 6 heteroatoms. The summed E-state index contributed by atoms with van der Waals surface area (Å²) in [6, 6.07) is 8.42. The molecule has 2 heterocycles. The number of carbonyl (C=O) groups excluding carboxylic acids is 1. The van der Waals surface area contributed by atoms with E-state index in [1.54, 1.807) is 4.90 Å². The third-order valence-corrected chi connectivity index (χ3v) is 5.34. The number of rotatable bonds is 4. The summed E-state index contributed by atoms with van der Waals surface area (Å²) in [7, 11) is 0. The smallest absolute Gasteiger partial charge is 0.228 e. The van der Waals surface area contributed by atoms with Gasteiger partial charge in [0.25, 0.3) is 0 Å². The van der Waals surface area contributed by atoms with E-state index in [0.717, 1.165) is 40.6 Å². The van der Waals surface area contributed by atoms with E-state index in [9.17, 15) is 13.6 Å². The van der Waals surface area contributed by atoms with Crippen molar-refractivity contribution in [2.45, 2.75) is 33.1 Å². The maximum atomic E-state index is 14.5. The van der Waals surface area contributed by atoms with Gasteiger partial charge in [0.05, 0.1) is 6.42 Å². The number of aryl methyl sites for hydroxylation is 2. The molecular weight excluding hydrogens is 360 g/mol. The Balaban J connectivity index is 1.54. The van der Waals surface area contributed by atoms with Crippen LogP contribution in [0, 0.1) is 25.5 Å². The van der Waals surface area contributed by atoms with Gasteiger partial charge in [-0.1, -0.05) is 11.6 Å². The van der Waals surface area contributed by atoms with Crippen molar-refractivity contribution < 1.29 is 13.6 Å². The minimum absolute atomic E-state index is 0.00144. The average Bonchev–Trinajstić information content (AvgIpc) is 3.24. The molecule has 0 spiro atoms. The van der Waals surface area contributed by atoms with E-state index < -0.39 is 11.6 Å². The average molecular weight is 383 g/mol. The van der Waals surface area contributed by atoms with Crippen LogP contribution in [-0.4, -0.2) is 24.0 Å². The van der Waals surface area contributed by atoms with Crippen molar-refractivity contribution in [2.24, 2.45) is 0 Å². The summed E-state index contributed by atoms with van der Waals surface area (Å²) in [6.07, 6.45) is 1.99. The molecule has 4 rings (SSSR count). The molecule has 0 bridgehead atoms. The third-order valence-electron chi connectivity index (χ3n) is 5.34. The number of anilines is 2. The number of H-pyrrole nitrogens is 1. The molecule has 28 heavy (non-hydrogen) atoms. The summed E-state index contributed by atoms with van der Waals surface area (Å²) in [4.78, 5) is 17.5. The number of nitrogens with zero attached hydrogens (tertiary/aromatic N) is 1. The van der Waals surface area contributed by atoms with E-state index in [1.165, 1.54) is 12.1 Å². The van der Waals surface area contributed by atoms with E-state index >= 15 is 0 Å². The second-order valence-electron chi connectivity index (χ2n) is 7.49. The minimum Gasteiger partial charge on any atom is -0.367 e. The van der Waals surface area contributed by atoms with Gasteiger partial charge in [0.1, 0.15) is 5.69 Å². The summed E-state index contributed by atoms with van der Waals surface area (Å²) >= 11 is 0. The molecular formula is C22H23F2N3O. The fourth-order valence-electron chi connectivity index (χ4n) is 3.97. The zero-order valence-corrected chi connectivity index (χ0v) is 16.0. The predicted octanol–water partition coefficient (Wildman–Crippen LogP) is 4.84. The van der Waals surface area contributed by atoms with E-state index in [1.807, 2.05) is 32.0 Å². The molecule has 1 aliphatic rings. The Morgan fingerprint density at radius 1 is 1.11 bits per heavy atom. The van der Waals surface area contributed by atoms with Crippen molar-refractivity contribution in [2.75, 3.05) is 23.3 Å². The molecule has 2 aromatic carbocycles. The van der Waals surface area contributed by atoms with Gasteiger partial charge in [-0.05, 0) is 56.5 Å². The molecule has 0 unspecified atom stereocenters. The van der Waals surface area contributed by atoms with E-state index in [4.69, 9.17) is 0 Å². The molecule has 0 saturated carbocycles. The van der Waals surface area contributed by atoms with Gasteiger partial charge in [-0.15, -0.1) is 0 Å². The number of aromatic amines is 1. The number of nitrogens with one attached hydrogen (secondary N) is 2. The van der Waals surface area contributed by atoms with Crippen LogP contribution in [0.5, 0.6) is 0 Å². The lowest BCUT2D eigenvalue weighted by atomic mass is 10.1. The summed E-state index contributed by atoms with van der Waals surface area (Å²) < 4.78 is 28.9. The molecule has 1 amide bonds. The monoisotopic (exact) mass is 383 g/mol. The molecule has 0 aliphatic carbocycles. The van der Waals surface area contributed by atoms with Crippen LogP contribution in [0.15, 0.2) is 30.3 Å². The molecule has 146 valence electrons. The predicted molar refractivity (Wildman–Crippen MR) is 108 cm³/mol. The topological polar surface area (TPSA) is 48.1 Å². The third kappa shape index (κ3) is 3.46. The van der Waals surface area contributed by atoms with Crippen LogP contribution in [0.2, 0.25) is 0 Å². The summed E-state index contributed by atoms with van der Waals surface area (Å²) in [5.74, 6) is -1.59. The summed E-state index contributed by atoms with van der Waals surface area (Å²) in [6.45, 7) is 5.22. The quantitative estimate of drug-likeness (QED) is 0.677. The van der Waals surface area contributed by atoms with Gasteiger partial charge in [-0.3, -0.25) is 4.79 Å². The zero-order valence-electron chi connectivity index (χ0n) is 16.0. The Bertz CT molecular complexity index is 1030. The van der Waals surface area contributed by atoms with Gasteiger partial charge in [0.2, 0.25) is 5.91 Å². The number of aromatic nitrogens is 1. The lowest BCUT2D eigenvalue weighted by Crippen LogP contribution is -2.21. The number of hydrogen-bond acceptors (Lipinski definition) is 2. The molecule has 3 aromatic rings. The van der Waals surface area contributed by atoms with E-state index in [-0.39, 0.29) is 23.7 Å². The molecule has 4 nitrogen and oxygen atoms in total. The zero-order chi connectivity index (χ0) is 19.8. The molecule has 1 aliphatic heterocycles. The van der Waals surface area contributed by atoms with Crippen LogP contribution in [0.3, 0.4) is 0 Å². The second-order valence-corrected chi connectivity index (χ2v) is 7.49. The Labute approximate surface area is 162 Å². The van der Waals surface area contributed by atoms with Gasteiger partial charge in [0, 0.05) is 35.4 Å². The van der Waals surface area contributed by atoms with Crippen molar-refractivity contribution in [3.63, 3.8) is 0 Å². The van der Waals surface area contributed by atoms with Crippen molar-refractivity contribution >= 4 is 28.2 Å². The largest absolute Gasteiger partial charge is 0.367 e. The van der Waals surface area contributed by atoms with E-state index in [2.05, 4.69) is 10.3 Å². The van der Waals surface area contributed by atoms with Crippen LogP contribution in [0.4, 0.5) is 20.2 Å². The number of hydrogen-bond donors (Lipinski definition) is 2. The highest BCUT2D eigenvalue weighted by Crippen LogP contribution is 2.30. The minimum atomic E-state index is -0.643. The molecule has 0 radical (unpaired) electrons. The van der Waals surface area contributed by atoms with Crippen LogP contribution in [0.1, 0.15) is 29.7 Å². The first-order chi connectivity index (χ1) is 13.4. The number of halogens is 2. The number of fused-ring (bicyclic) bond motifs is 1. The first-order valence-electron chi connectivity index (χ1n) is 9.54. The maximum absolute atomic E-state index is 14.5. The SMILES string of the molecule is Cc1ccc2[nH]c(C)c(CC(=O)Nc3cc(F)c(N4CCCC4)c(F)c3)c2c1. The van der Waals surface area contributed by atoms with Crippen molar-refractivity contribution in [1.82, 2.24) is 4.98 Å². The summed E-state index contributed by atoms with van der Waals surface area (Å²) in [5.41, 5.74) is 4.02. The first-order valence-corrected chi connectivity index (χ1v) is 9.54. The number of amides is 1. The Kier molecular flexibility index (Phi) is 4.79. The molecule has 1 aromatic heterocycles. The lowest BCUT2D eigenvalue weighted by Gasteiger charge is -2.19. The molecule has 1 saturated heterocycles. The fraction of sp³-hybridized carbons (Fsp3) is 0.318. The maximum Gasteiger partial charge on any atom is 0.228 e. The van der Waals surface area contributed by atoms with Gasteiger partial charge in [-0.2, -0.15) is 0 Å². The van der Waals surface area contributed by atoms with Gasteiger partial charge in [0.15, 0.2) is 11.6 Å². The van der Waals surface area contributed by atoms with Gasteiger partial charge < -0.3 is 15.2 Å². The van der Waals surface area contributed by atoms with Crippen LogP contribution in [0.25, 0.3) is 10.9 Å². The van der Waals surface area contributed by atoms with Crippen LogP contribution in [-0.2, 0) is 11.2 Å². The lowest BCUT2D eigenvalue weighted by molar-refractivity contribution is -0.115. The van der Waals surface area contributed by atoms with Gasteiger partial charge >= 0.3 is 0 Å². The van der Waals surface area contributed by atoms with Crippen LogP contribution >= 0.6 is 0 Å². The van der Waals surface area contributed by atoms with Crippen molar-refractivity contribution in [3.8, 4) is 0 Å². The van der Waals surface area contributed by atoms with Crippen LogP contribution < -0.4 is 10.2 Å². The first kappa shape index (κ1) is 18.5. The highest BCUT2D eigenvalue weighted by atomic mass is 19.1. The Morgan fingerprint density at radius 2 is 1.79 bits per heavy atom. The summed E-state index contributed by atoms with van der Waals surface area (Å²) in [5, 5.41) is 3.63. The Hall–Kier alpha value is -2.89. The number of carbonyl (C=O) groups is 1. The molecule has 0 atom stereocenters. The van der Waals surface area contributed by atoms with Gasteiger partial charge in [-0.25, -0.2) is 8.78 Å². The molecule has 1 fully saturated rings. The van der Waals surface area contributed by atoms with Crippen molar-refractivity contribution in [1.29, 1.82) is 0 Å². The fourth-order valence-corrected chi connectivity index (χ4v) is 3.97.